The van der Waals surface area contributed by atoms with Crippen molar-refractivity contribution in [2.45, 2.75) is 19.6 Å². The lowest BCUT2D eigenvalue weighted by atomic mass is 10.4. The van der Waals surface area contributed by atoms with Crippen molar-refractivity contribution in [2.75, 3.05) is 40.8 Å². The molecule has 1 aromatic heterocycles. The summed E-state index contributed by atoms with van der Waals surface area (Å²) in [4.78, 5) is 15.8. The number of ether oxygens (including phenoxy) is 1. The highest BCUT2D eigenvalue weighted by Crippen LogP contribution is 2.10. The summed E-state index contributed by atoms with van der Waals surface area (Å²) in [5, 5.41) is 13.3. The van der Waals surface area contributed by atoms with E-state index in [4.69, 9.17) is 9.15 Å². The van der Waals surface area contributed by atoms with Gasteiger partial charge in [-0.3, -0.25) is 15.1 Å². The van der Waals surface area contributed by atoms with Gasteiger partial charge in [-0.15, -0.1) is 0 Å². The molecule has 1 aromatic rings. The summed E-state index contributed by atoms with van der Waals surface area (Å²) in [5.41, 5.74) is 0. The Balaban J connectivity index is 2.12. The highest BCUT2D eigenvalue weighted by molar-refractivity contribution is 5.82. The molecule has 0 bridgehead atoms. The summed E-state index contributed by atoms with van der Waals surface area (Å²) >= 11 is 0. The first-order valence-electron chi connectivity index (χ1n) is 7.12. The molecule has 0 atom stereocenters. The molecule has 0 unspecified atom stereocenters. The van der Waals surface area contributed by atoms with Crippen LogP contribution in [0.2, 0.25) is 0 Å². The van der Waals surface area contributed by atoms with E-state index in [0.717, 1.165) is 24.5 Å². The van der Waals surface area contributed by atoms with E-state index in [2.05, 4.69) is 10.3 Å². The molecule has 1 rings (SSSR count). The maximum absolute atomic E-state index is 10.4. The minimum atomic E-state index is -0.409. The van der Waals surface area contributed by atoms with Crippen molar-refractivity contribution in [3.63, 3.8) is 0 Å². The summed E-state index contributed by atoms with van der Waals surface area (Å²) in [6.45, 7) is 2.05. The molecular formula is C14H24N4O4. The van der Waals surface area contributed by atoms with E-state index in [1.165, 1.54) is 7.05 Å². The van der Waals surface area contributed by atoms with E-state index in [9.17, 15) is 10.1 Å². The van der Waals surface area contributed by atoms with E-state index in [0.29, 0.717) is 25.6 Å². The topological polar surface area (TPSA) is 93.1 Å². The van der Waals surface area contributed by atoms with Crippen molar-refractivity contribution in [3.05, 3.63) is 33.8 Å². The van der Waals surface area contributed by atoms with Gasteiger partial charge in [0.05, 0.1) is 6.54 Å². The van der Waals surface area contributed by atoms with Crippen molar-refractivity contribution in [1.29, 1.82) is 0 Å². The van der Waals surface area contributed by atoms with Gasteiger partial charge in [0.15, 0.2) is 5.84 Å². The van der Waals surface area contributed by atoms with Gasteiger partial charge in [-0.25, -0.2) is 0 Å². The van der Waals surface area contributed by atoms with Crippen LogP contribution in [0.1, 0.15) is 17.9 Å². The molecular weight excluding hydrogens is 288 g/mol. The van der Waals surface area contributed by atoms with Crippen molar-refractivity contribution in [3.8, 4) is 0 Å². The predicted octanol–water partition coefficient (Wildman–Crippen LogP) is 1.14. The van der Waals surface area contributed by atoms with Gasteiger partial charge in [-0.1, -0.05) is 0 Å². The monoisotopic (exact) mass is 312 g/mol. The molecule has 0 aliphatic heterocycles. The molecule has 0 aliphatic carbocycles. The number of aliphatic imine (C=N–C) groups is 1. The van der Waals surface area contributed by atoms with Gasteiger partial charge in [0, 0.05) is 25.1 Å². The summed E-state index contributed by atoms with van der Waals surface area (Å²) < 4.78 is 11.1. The van der Waals surface area contributed by atoms with Gasteiger partial charge < -0.3 is 19.4 Å². The lowest BCUT2D eigenvalue weighted by molar-refractivity contribution is -0.463. The Bertz CT molecular complexity index is 485. The van der Waals surface area contributed by atoms with Crippen LogP contribution in [0.15, 0.2) is 21.5 Å². The Hall–Kier alpha value is -1.93. The van der Waals surface area contributed by atoms with Gasteiger partial charge in [0.1, 0.15) is 18.1 Å². The standard InChI is InChI=1S/C14H24N4O4/c1-15-14(10-18(19)20)16-7-4-8-21-11-13-6-5-12(22-13)9-17(2)3/h5-6H,4,7-11H2,1-3H3,(H,15,16). The van der Waals surface area contributed by atoms with Crippen LogP contribution in [0.5, 0.6) is 0 Å². The Labute approximate surface area is 130 Å². The normalized spacial score (nSPS) is 11.9. The Morgan fingerprint density at radius 3 is 2.82 bits per heavy atom. The van der Waals surface area contributed by atoms with Crippen LogP contribution in [0.25, 0.3) is 0 Å². The van der Waals surface area contributed by atoms with E-state index in [1.54, 1.807) is 0 Å². The maximum Gasteiger partial charge on any atom is 0.259 e. The average molecular weight is 312 g/mol. The second kappa shape index (κ2) is 9.91. The van der Waals surface area contributed by atoms with Gasteiger partial charge in [0.25, 0.3) is 6.54 Å². The zero-order valence-electron chi connectivity index (χ0n) is 13.4. The second-order valence-corrected chi connectivity index (χ2v) is 5.10. The van der Waals surface area contributed by atoms with Crippen LogP contribution in [-0.4, -0.2) is 56.5 Å². The molecule has 0 aliphatic rings. The van der Waals surface area contributed by atoms with Gasteiger partial charge in [-0.05, 0) is 32.6 Å². The molecule has 0 radical (unpaired) electrons. The maximum atomic E-state index is 10.4. The SMILES string of the molecule is CN=C(C[N+](=O)[O-])NCCCOCc1ccc(CN(C)C)o1. The Morgan fingerprint density at radius 1 is 1.45 bits per heavy atom. The summed E-state index contributed by atoms with van der Waals surface area (Å²) in [5.74, 6) is 2.09. The lowest BCUT2D eigenvalue weighted by Gasteiger charge is -2.07. The van der Waals surface area contributed by atoms with Crippen LogP contribution >= 0.6 is 0 Å². The molecule has 0 spiro atoms. The minimum absolute atomic E-state index is 0.279. The molecule has 124 valence electrons. The third kappa shape index (κ3) is 7.75. The molecule has 0 saturated heterocycles. The first kappa shape index (κ1) is 18.1. The van der Waals surface area contributed by atoms with E-state index in [-0.39, 0.29) is 6.54 Å². The van der Waals surface area contributed by atoms with E-state index in [1.807, 2.05) is 31.1 Å². The van der Waals surface area contributed by atoms with Crippen molar-refractivity contribution < 1.29 is 14.1 Å². The van der Waals surface area contributed by atoms with Crippen molar-refractivity contribution >= 4 is 5.84 Å². The predicted molar refractivity (Wildman–Crippen MR) is 83.6 cm³/mol. The zero-order valence-corrected chi connectivity index (χ0v) is 13.4. The molecule has 0 saturated carbocycles. The smallest absolute Gasteiger partial charge is 0.259 e. The summed E-state index contributed by atoms with van der Waals surface area (Å²) in [7, 11) is 5.50. The zero-order chi connectivity index (χ0) is 16.4. The molecule has 0 aromatic carbocycles. The second-order valence-electron chi connectivity index (χ2n) is 5.10. The van der Waals surface area contributed by atoms with E-state index < -0.39 is 4.92 Å². The molecule has 0 amide bonds. The quantitative estimate of drug-likeness (QED) is 0.229. The van der Waals surface area contributed by atoms with Crippen molar-refractivity contribution in [2.24, 2.45) is 4.99 Å². The number of amidine groups is 1. The molecule has 22 heavy (non-hydrogen) atoms. The number of rotatable bonds is 10. The fourth-order valence-electron chi connectivity index (χ4n) is 1.80. The largest absolute Gasteiger partial charge is 0.462 e. The fourth-order valence-corrected chi connectivity index (χ4v) is 1.80. The first-order chi connectivity index (χ1) is 10.5. The molecule has 8 nitrogen and oxygen atoms in total. The van der Waals surface area contributed by atoms with E-state index >= 15 is 0 Å². The number of nitrogens with one attached hydrogen (secondary N) is 1. The van der Waals surface area contributed by atoms with Crippen molar-refractivity contribution in [1.82, 2.24) is 10.2 Å². The van der Waals surface area contributed by atoms with Crippen LogP contribution in [0, 0.1) is 10.1 Å². The highest BCUT2D eigenvalue weighted by Gasteiger charge is 2.06. The lowest BCUT2D eigenvalue weighted by Crippen LogP contribution is -2.31. The van der Waals surface area contributed by atoms with Crippen LogP contribution < -0.4 is 5.32 Å². The number of nitrogens with zero attached hydrogens (tertiary/aromatic N) is 3. The number of nitro groups is 1. The summed E-state index contributed by atoms with van der Waals surface area (Å²) in [6.07, 6.45) is 0.738. The first-order valence-corrected chi connectivity index (χ1v) is 7.12. The van der Waals surface area contributed by atoms with Gasteiger partial charge >= 0.3 is 0 Å². The summed E-state index contributed by atoms with van der Waals surface area (Å²) in [6, 6.07) is 3.86. The minimum Gasteiger partial charge on any atom is -0.462 e. The van der Waals surface area contributed by atoms with Crippen LogP contribution in [-0.2, 0) is 17.9 Å². The molecule has 8 heteroatoms. The molecule has 1 heterocycles. The van der Waals surface area contributed by atoms with Gasteiger partial charge in [-0.2, -0.15) is 0 Å². The number of furan rings is 1. The number of hydrogen-bond donors (Lipinski definition) is 1. The number of hydrogen-bond acceptors (Lipinski definition) is 6. The van der Waals surface area contributed by atoms with Crippen LogP contribution in [0.4, 0.5) is 0 Å². The third-order valence-electron chi connectivity index (χ3n) is 2.78. The highest BCUT2D eigenvalue weighted by atomic mass is 16.6. The van der Waals surface area contributed by atoms with Gasteiger partial charge in [0.2, 0.25) is 0 Å². The third-order valence-corrected chi connectivity index (χ3v) is 2.78. The average Bonchev–Trinajstić information content (AvgIpc) is 2.87. The fraction of sp³-hybridized carbons (Fsp3) is 0.643. The molecule has 0 fully saturated rings. The van der Waals surface area contributed by atoms with Crippen LogP contribution in [0.3, 0.4) is 0 Å². The Kier molecular flexibility index (Phi) is 8.16. The Morgan fingerprint density at radius 2 is 2.18 bits per heavy atom. The molecule has 1 N–H and O–H groups in total.